The molecule has 0 aliphatic rings. The average molecular weight is 499 g/mol. The van der Waals surface area contributed by atoms with Gasteiger partial charge in [-0.1, -0.05) is 61.5 Å². The minimum absolute atomic E-state index is 0.0973. The fourth-order valence-electron chi connectivity index (χ4n) is 3.82. The fourth-order valence-corrected chi connectivity index (χ4v) is 3.82. The van der Waals surface area contributed by atoms with Crippen molar-refractivity contribution in [2.75, 3.05) is 13.2 Å². The molecule has 2 aromatic carbocycles. The summed E-state index contributed by atoms with van der Waals surface area (Å²) in [7, 11) is 0. The number of rotatable bonds is 16. The molecule has 2 N–H and O–H groups in total. The first-order chi connectivity index (χ1) is 17.2. The summed E-state index contributed by atoms with van der Waals surface area (Å²) in [4.78, 5) is 45.6. The van der Waals surface area contributed by atoms with Crippen molar-refractivity contribution < 1.29 is 29.2 Å². The van der Waals surface area contributed by atoms with Crippen molar-refractivity contribution in [2.45, 2.75) is 57.9 Å². The number of carbonyl (C=O) groups excluding carboxylic acids is 2. The van der Waals surface area contributed by atoms with Crippen LogP contribution in [-0.4, -0.2) is 47.1 Å². The van der Waals surface area contributed by atoms with Gasteiger partial charge in [-0.3, -0.25) is 24.5 Å². The molecule has 0 unspecified atom stereocenters. The molecule has 0 saturated carbocycles. The Morgan fingerprint density at radius 1 is 0.972 bits per heavy atom. The van der Waals surface area contributed by atoms with E-state index in [1.807, 2.05) is 54.6 Å². The Kier molecular flexibility index (Phi) is 12.1. The highest BCUT2D eigenvalue weighted by Crippen LogP contribution is 2.21. The van der Waals surface area contributed by atoms with E-state index in [9.17, 15) is 24.5 Å². The molecular formula is C27H34N2O7. The Morgan fingerprint density at radius 3 is 2.28 bits per heavy atom. The zero-order valence-electron chi connectivity index (χ0n) is 20.6. The highest BCUT2D eigenvalue weighted by Gasteiger charge is 2.22. The van der Waals surface area contributed by atoms with Crippen molar-refractivity contribution >= 4 is 17.8 Å². The molecule has 0 aliphatic heterocycles. The van der Waals surface area contributed by atoms with E-state index < -0.39 is 17.9 Å². The van der Waals surface area contributed by atoms with E-state index >= 15 is 0 Å². The van der Waals surface area contributed by atoms with Gasteiger partial charge in [0, 0.05) is 23.8 Å². The van der Waals surface area contributed by atoms with Crippen LogP contribution in [0.2, 0.25) is 0 Å². The first-order valence-corrected chi connectivity index (χ1v) is 12.2. The Hall–Kier alpha value is -3.75. The molecule has 1 amide bonds. The van der Waals surface area contributed by atoms with Crippen molar-refractivity contribution in [2.24, 2.45) is 5.92 Å². The highest BCUT2D eigenvalue weighted by atomic mass is 16.6. The van der Waals surface area contributed by atoms with Crippen molar-refractivity contribution in [3.8, 4) is 11.1 Å². The molecule has 0 bridgehead atoms. The molecule has 9 heteroatoms. The second-order valence-corrected chi connectivity index (χ2v) is 8.85. The summed E-state index contributed by atoms with van der Waals surface area (Å²) in [6.45, 7) is 1.82. The van der Waals surface area contributed by atoms with Crippen LogP contribution in [0.1, 0.15) is 51.0 Å². The molecule has 0 heterocycles. The second-order valence-electron chi connectivity index (χ2n) is 8.85. The lowest BCUT2D eigenvalue weighted by molar-refractivity contribution is -0.480. The zero-order chi connectivity index (χ0) is 26.3. The van der Waals surface area contributed by atoms with Gasteiger partial charge in [-0.25, -0.2) is 0 Å². The normalized spacial score (nSPS) is 12.4. The number of unbranched alkanes of at least 4 members (excludes halogenated alkanes) is 2. The fraction of sp³-hybridized carbons (Fsp3) is 0.444. The molecule has 0 aromatic heterocycles. The number of carboxylic acid groups (broad SMARTS) is 1. The Labute approximate surface area is 211 Å². The highest BCUT2D eigenvalue weighted by molar-refractivity contribution is 5.81. The Balaban J connectivity index is 1.95. The molecule has 2 aromatic rings. The maximum atomic E-state index is 12.5. The molecular weight excluding hydrogens is 464 g/mol. The molecule has 0 radical (unpaired) electrons. The van der Waals surface area contributed by atoms with E-state index in [4.69, 9.17) is 9.84 Å². The number of aliphatic carboxylic acids is 1. The summed E-state index contributed by atoms with van der Waals surface area (Å²) < 4.78 is 5.31. The van der Waals surface area contributed by atoms with Crippen LogP contribution in [0.15, 0.2) is 54.6 Å². The number of carboxylic acids is 1. The van der Waals surface area contributed by atoms with Crippen molar-refractivity contribution in [3.05, 3.63) is 70.3 Å². The summed E-state index contributed by atoms with van der Waals surface area (Å²) in [5.74, 6) is -2.31. The first-order valence-electron chi connectivity index (χ1n) is 12.2. The van der Waals surface area contributed by atoms with Crippen molar-refractivity contribution in [1.29, 1.82) is 0 Å². The number of esters is 1. The van der Waals surface area contributed by atoms with Crippen LogP contribution in [0.4, 0.5) is 0 Å². The van der Waals surface area contributed by atoms with Gasteiger partial charge in [-0.15, -0.1) is 0 Å². The largest absolute Gasteiger partial charge is 0.481 e. The van der Waals surface area contributed by atoms with Gasteiger partial charge >= 0.3 is 11.9 Å². The molecule has 194 valence electrons. The number of nitrogens with zero attached hydrogens (tertiary/aromatic N) is 1. The predicted octanol–water partition coefficient (Wildman–Crippen LogP) is 4.26. The molecule has 0 aliphatic carbocycles. The van der Waals surface area contributed by atoms with Crippen molar-refractivity contribution in [3.63, 3.8) is 0 Å². The third-order valence-electron chi connectivity index (χ3n) is 5.74. The van der Waals surface area contributed by atoms with Gasteiger partial charge in [0.25, 0.3) is 0 Å². The third-order valence-corrected chi connectivity index (χ3v) is 5.74. The molecule has 0 spiro atoms. The number of nitro groups is 1. The molecule has 0 fully saturated rings. The number of benzene rings is 2. The Morgan fingerprint density at radius 2 is 1.64 bits per heavy atom. The van der Waals surface area contributed by atoms with Crippen LogP contribution in [-0.2, 0) is 25.5 Å². The summed E-state index contributed by atoms with van der Waals surface area (Å²) in [6, 6.07) is 17.5. The van der Waals surface area contributed by atoms with Gasteiger partial charge in [0.2, 0.25) is 12.5 Å². The minimum atomic E-state index is -1.05. The van der Waals surface area contributed by atoms with Crippen LogP contribution >= 0.6 is 0 Å². The quantitative estimate of drug-likeness (QED) is 0.153. The summed E-state index contributed by atoms with van der Waals surface area (Å²) in [5, 5.41) is 22.1. The SMILES string of the molecule is C[C@H](C[C@@H](Cc1ccc(-c2ccccc2)cc1)NC(=O)CCC(=O)O)C(=O)OCCCCC[N+](=O)[O-]. The topological polar surface area (TPSA) is 136 Å². The summed E-state index contributed by atoms with van der Waals surface area (Å²) in [5.41, 5.74) is 3.14. The van der Waals surface area contributed by atoms with Gasteiger partial charge in [0.1, 0.15) is 0 Å². The number of ether oxygens (including phenoxy) is 1. The van der Waals surface area contributed by atoms with Crippen LogP contribution in [0.5, 0.6) is 0 Å². The number of carbonyl (C=O) groups is 3. The van der Waals surface area contributed by atoms with Gasteiger partial charge in [0.05, 0.1) is 18.9 Å². The first kappa shape index (κ1) is 28.5. The average Bonchev–Trinajstić information content (AvgIpc) is 2.85. The van der Waals surface area contributed by atoms with E-state index in [2.05, 4.69) is 5.32 Å². The zero-order valence-corrected chi connectivity index (χ0v) is 20.6. The van der Waals surface area contributed by atoms with E-state index in [1.165, 1.54) is 0 Å². The van der Waals surface area contributed by atoms with E-state index in [0.29, 0.717) is 32.1 Å². The molecule has 36 heavy (non-hydrogen) atoms. The van der Waals surface area contributed by atoms with Gasteiger partial charge in [-0.05, 0) is 42.4 Å². The van der Waals surface area contributed by atoms with Gasteiger partial charge in [0.15, 0.2) is 0 Å². The number of hydrogen-bond donors (Lipinski definition) is 2. The van der Waals surface area contributed by atoms with Gasteiger partial charge < -0.3 is 15.2 Å². The summed E-state index contributed by atoms with van der Waals surface area (Å²) in [6.07, 6.45) is 2.00. The molecule has 9 nitrogen and oxygen atoms in total. The van der Waals surface area contributed by atoms with E-state index in [-0.39, 0.29) is 42.9 Å². The standard InChI is InChI=1S/C27H34N2O7/c1-20(27(33)36-17-7-3-6-16-29(34)35)18-24(28-25(30)14-15-26(31)32)19-21-10-12-23(13-11-21)22-8-4-2-5-9-22/h2,4-5,8-13,20,24H,3,6-7,14-19H2,1H3,(H,28,30)(H,31,32)/t20-,24+/m1/s1. The van der Waals surface area contributed by atoms with Crippen LogP contribution < -0.4 is 5.32 Å². The second kappa shape index (κ2) is 15.3. The smallest absolute Gasteiger partial charge is 0.308 e. The number of nitrogens with one attached hydrogen (secondary N) is 1. The Bertz CT molecular complexity index is 993. The monoisotopic (exact) mass is 498 g/mol. The minimum Gasteiger partial charge on any atom is -0.481 e. The maximum absolute atomic E-state index is 12.5. The molecule has 2 rings (SSSR count). The van der Waals surface area contributed by atoms with Crippen LogP contribution in [0.3, 0.4) is 0 Å². The van der Waals surface area contributed by atoms with Crippen LogP contribution in [0.25, 0.3) is 11.1 Å². The number of amides is 1. The maximum Gasteiger partial charge on any atom is 0.308 e. The van der Waals surface area contributed by atoms with Crippen molar-refractivity contribution in [1.82, 2.24) is 5.32 Å². The molecule has 0 saturated heterocycles. The van der Waals surface area contributed by atoms with E-state index in [0.717, 1.165) is 16.7 Å². The lowest BCUT2D eigenvalue weighted by atomic mass is 9.94. The van der Waals surface area contributed by atoms with Crippen LogP contribution in [0, 0.1) is 16.0 Å². The summed E-state index contributed by atoms with van der Waals surface area (Å²) >= 11 is 0. The lowest BCUT2D eigenvalue weighted by Gasteiger charge is -2.22. The lowest BCUT2D eigenvalue weighted by Crippen LogP contribution is -2.39. The number of hydrogen-bond acceptors (Lipinski definition) is 6. The molecule has 2 atom stereocenters. The van der Waals surface area contributed by atoms with Gasteiger partial charge in [-0.2, -0.15) is 0 Å². The predicted molar refractivity (Wildman–Crippen MR) is 135 cm³/mol. The van der Waals surface area contributed by atoms with E-state index in [1.54, 1.807) is 6.92 Å². The third kappa shape index (κ3) is 11.1.